The topological polar surface area (TPSA) is 39.2 Å². The van der Waals surface area contributed by atoms with Crippen LogP contribution in [0.1, 0.15) is 16.1 Å². The molecule has 92 valence electrons. The first kappa shape index (κ1) is 13.5. The van der Waals surface area contributed by atoms with Gasteiger partial charge < -0.3 is 4.74 Å². The van der Waals surface area contributed by atoms with E-state index in [2.05, 4.69) is 43.5 Å². The molecule has 0 unspecified atom stereocenters. The van der Waals surface area contributed by atoms with E-state index in [0.717, 1.165) is 8.04 Å². The van der Waals surface area contributed by atoms with Crippen molar-refractivity contribution in [3.63, 3.8) is 0 Å². The molecule has 1 aromatic carbocycles. The number of nitrogens with zero attached hydrogens (tertiary/aromatic N) is 1. The number of halogens is 2. The Balaban J connectivity index is 2.51. The molecule has 0 radical (unpaired) electrons. The van der Waals surface area contributed by atoms with Gasteiger partial charge in [0, 0.05) is 19.8 Å². The van der Waals surface area contributed by atoms with Crippen LogP contribution in [-0.4, -0.2) is 17.9 Å². The Labute approximate surface area is 127 Å². The molecule has 3 nitrogen and oxygen atoms in total. The van der Waals surface area contributed by atoms with E-state index in [-0.39, 0.29) is 5.78 Å². The summed E-state index contributed by atoms with van der Waals surface area (Å²) < 4.78 is 6.90. The third-order valence-electron chi connectivity index (χ3n) is 2.38. The molecule has 0 spiro atoms. The molecule has 2 rings (SSSR count). The maximum absolute atomic E-state index is 12.4. The fourth-order valence-electron chi connectivity index (χ4n) is 1.52. The first-order chi connectivity index (χ1) is 8.63. The lowest BCUT2D eigenvalue weighted by Gasteiger charge is -2.07. The van der Waals surface area contributed by atoms with Gasteiger partial charge in [-0.25, -0.2) is 4.98 Å². The number of hydrogen-bond acceptors (Lipinski definition) is 3. The van der Waals surface area contributed by atoms with Gasteiger partial charge in [0.15, 0.2) is 5.69 Å². The predicted molar refractivity (Wildman–Crippen MR) is 81.1 cm³/mol. The Hall–Kier alpha value is -0.950. The van der Waals surface area contributed by atoms with Crippen LogP contribution in [0.2, 0.25) is 0 Å². The van der Waals surface area contributed by atoms with Crippen molar-refractivity contribution >= 4 is 44.3 Å². The van der Waals surface area contributed by atoms with Gasteiger partial charge in [-0.05, 0) is 52.9 Å². The van der Waals surface area contributed by atoms with Crippen LogP contribution in [0.3, 0.4) is 0 Å². The van der Waals surface area contributed by atoms with Gasteiger partial charge in [-0.1, -0.05) is 15.9 Å². The summed E-state index contributed by atoms with van der Waals surface area (Å²) in [6.07, 6.45) is 1.58. The summed E-state index contributed by atoms with van der Waals surface area (Å²) >= 11 is 5.55. The zero-order valence-corrected chi connectivity index (χ0v) is 13.2. The van der Waals surface area contributed by atoms with Crippen LogP contribution in [0.15, 0.2) is 41.0 Å². The normalized spacial score (nSPS) is 10.2. The molecule has 1 aromatic heterocycles. The smallest absolute Gasteiger partial charge is 0.216 e. The highest BCUT2D eigenvalue weighted by molar-refractivity contribution is 14.1. The molecule has 0 atom stereocenters. The fraction of sp³-hybridized carbons (Fsp3) is 0.0769. The van der Waals surface area contributed by atoms with E-state index in [9.17, 15) is 4.79 Å². The van der Waals surface area contributed by atoms with Crippen LogP contribution >= 0.6 is 38.5 Å². The molecular formula is C13H9BrINO2. The van der Waals surface area contributed by atoms with Gasteiger partial charge in [0.05, 0.1) is 7.11 Å². The van der Waals surface area contributed by atoms with E-state index in [0.29, 0.717) is 17.0 Å². The summed E-state index contributed by atoms with van der Waals surface area (Å²) in [6, 6.07) is 9.06. The Morgan fingerprint density at radius 2 is 2.17 bits per heavy atom. The van der Waals surface area contributed by atoms with Crippen molar-refractivity contribution in [3.8, 4) is 5.75 Å². The van der Waals surface area contributed by atoms with Gasteiger partial charge in [-0.3, -0.25) is 4.79 Å². The molecule has 0 aliphatic carbocycles. The van der Waals surface area contributed by atoms with Gasteiger partial charge in [-0.2, -0.15) is 0 Å². The van der Waals surface area contributed by atoms with Gasteiger partial charge in [0.1, 0.15) is 5.75 Å². The summed E-state index contributed by atoms with van der Waals surface area (Å²) in [5, 5.41) is 0. The van der Waals surface area contributed by atoms with E-state index in [1.54, 1.807) is 18.3 Å². The SMILES string of the molecule is COc1cccnc1C(=O)c1cc(I)ccc1Br. The first-order valence-electron chi connectivity index (χ1n) is 5.12. The fourth-order valence-corrected chi connectivity index (χ4v) is 2.44. The zero-order valence-electron chi connectivity index (χ0n) is 9.48. The lowest BCUT2D eigenvalue weighted by Crippen LogP contribution is -2.07. The van der Waals surface area contributed by atoms with Crippen molar-refractivity contribution in [2.24, 2.45) is 0 Å². The molecule has 0 bridgehead atoms. The van der Waals surface area contributed by atoms with Crippen LogP contribution in [-0.2, 0) is 0 Å². The van der Waals surface area contributed by atoms with Crippen molar-refractivity contribution in [2.75, 3.05) is 7.11 Å². The first-order valence-corrected chi connectivity index (χ1v) is 6.99. The second-order valence-corrected chi connectivity index (χ2v) is 5.61. The lowest BCUT2D eigenvalue weighted by atomic mass is 10.1. The number of methoxy groups -OCH3 is 1. The van der Waals surface area contributed by atoms with Crippen LogP contribution in [0.25, 0.3) is 0 Å². The molecule has 0 N–H and O–H groups in total. The van der Waals surface area contributed by atoms with Crippen LogP contribution in [0, 0.1) is 3.57 Å². The number of pyridine rings is 1. The predicted octanol–water partition coefficient (Wildman–Crippen LogP) is 3.69. The number of carbonyl (C=O) groups is 1. The molecule has 2 aromatic rings. The van der Waals surface area contributed by atoms with Crippen LogP contribution < -0.4 is 4.74 Å². The van der Waals surface area contributed by atoms with E-state index < -0.39 is 0 Å². The number of rotatable bonds is 3. The minimum Gasteiger partial charge on any atom is -0.494 e. The summed E-state index contributed by atoms with van der Waals surface area (Å²) in [4.78, 5) is 16.5. The van der Waals surface area contributed by atoms with E-state index in [4.69, 9.17) is 4.74 Å². The lowest BCUT2D eigenvalue weighted by molar-refractivity contribution is 0.103. The molecule has 0 saturated heterocycles. The maximum Gasteiger partial charge on any atom is 0.216 e. The molecule has 0 saturated carbocycles. The summed E-state index contributed by atoms with van der Waals surface area (Å²) in [5.74, 6) is 0.325. The highest BCUT2D eigenvalue weighted by atomic mass is 127. The quantitative estimate of drug-likeness (QED) is 0.564. The van der Waals surface area contributed by atoms with Crippen LogP contribution in [0.5, 0.6) is 5.75 Å². The van der Waals surface area contributed by atoms with Crippen molar-refractivity contribution in [2.45, 2.75) is 0 Å². The van der Waals surface area contributed by atoms with Gasteiger partial charge in [0.2, 0.25) is 5.78 Å². The molecule has 0 aliphatic rings. The van der Waals surface area contributed by atoms with Crippen molar-refractivity contribution < 1.29 is 9.53 Å². The largest absolute Gasteiger partial charge is 0.494 e. The van der Waals surface area contributed by atoms with Crippen molar-refractivity contribution in [3.05, 3.63) is 55.8 Å². The van der Waals surface area contributed by atoms with Crippen molar-refractivity contribution in [1.82, 2.24) is 4.98 Å². The van der Waals surface area contributed by atoms with Crippen molar-refractivity contribution in [1.29, 1.82) is 0 Å². The second kappa shape index (κ2) is 5.79. The molecule has 0 amide bonds. The molecule has 0 fully saturated rings. The average Bonchev–Trinajstić information content (AvgIpc) is 2.40. The molecular weight excluding hydrogens is 409 g/mol. The van der Waals surface area contributed by atoms with Gasteiger partial charge in [0.25, 0.3) is 0 Å². The number of hydrogen-bond donors (Lipinski definition) is 0. The number of ether oxygens (including phenoxy) is 1. The molecule has 0 aliphatic heterocycles. The number of aromatic nitrogens is 1. The highest BCUT2D eigenvalue weighted by Gasteiger charge is 2.18. The van der Waals surface area contributed by atoms with E-state index in [1.165, 1.54) is 7.11 Å². The summed E-state index contributed by atoms with van der Waals surface area (Å²) in [6.45, 7) is 0. The molecule has 1 heterocycles. The maximum atomic E-state index is 12.4. The Bertz CT molecular complexity index is 601. The van der Waals surface area contributed by atoms with Crippen LogP contribution in [0.4, 0.5) is 0 Å². The number of carbonyl (C=O) groups excluding carboxylic acids is 1. The molecule has 18 heavy (non-hydrogen) atoms. The molecule has 5 heteroatoms. The minimum absolute atomic E-state index is 0.155. The number of ketones is 1. The summed E-state index contributed by atoms with van der Waals surface area (Å²) in [5.41, 5.74) is 0.904. The Kier molecular flexibility index (Phi) is 4.34. The zero-order chi connectivity index (χ0) is 13.1. The monoisotopic (exact) mass is 417 g/mol. The minimum atomic E-state index is -0.155. The second-order valence-electron chi connectivity index (χ2n) is 3.51. The van der Waals surface area contributed by atoms with E-state index >= 15 is 0 Å². The third-order valence-corrected chi connectivity index (χ3v) is 3.74. The third kappa shape index (κ3) is 2.72. The Morgan fingerprint density at radius 1 is 1.39 bits per heavy atom. The van der Waals surface area contributed by atoms with E-state index in [1.807, 2.05) is 18.2 Å². The Morgan fingerprint density at radius 3 is 2.89 bits per heavy atom. The summed E-state index contributed by atoms with van der Waals surface area (Å²) in [7, 11) is 1.53. The average molecular weight is 418 g/mol. The van der Waals surface area contributed by atoms with Gasteiger partial charge in [-0.15, -0.1) is 0 Å². The standard InChI is InChI=1S/C13H9BrINO2/c1-18-11-3-2-6-16-12(11)13(17)9-7-8(15)4-5-10(9)14/h2-7H,1H3. The van der Waals surface area contributed by atoms with Gasteiger partial charge >= 0.3 is 0 Å². The highest BCUT2D eigenvalue weighted by Crippen LogP contribution is 2.25. The number of benzene rings is 1.